The smallest absolute Gasteiger partial charge is 0.319 e. The van der Waals surface area contributed by atoms with E-state index in [4.69, 9.17) is 9.47 Å². The Hall–Kier alpha value is -1.83. The molecular weight excluding hydrogens is 352 g/mol. The van der Waals surface area contributed by atoms with Crippen LogP contribution < -0.4 is 9.64 Å². The van der Waals surface area contributed by atoms with Crippen molar-refractivity contribution in [3.05, 3.63) is 23.3 Å². The van der Waals surface area contributed by atoms with Gasteiger partial charge < -0.3 is 14.4 Å². The van der Waals surface area contributed by atoms with E-state index in [-0.39, 0.29) is 29.6 Å². The Morgan fingerprint density at radius 2 is 2.08 bits per heavy atom. The van der Waals surface area contributed by atoms with Gasteiger partial charge in [-0.05, 0) is 32.1 Å². The molecule has 136 valence electrons. The standard InChI is InChI=1S/C17H19F2NO4S/c1-4-24-17(22)11-14(21)9-7-10(18)12(19)15(23-2)13(9)20(8-5-6-8)16(11)25-3/h7-8,11,16H,4-6H2,1-3H3. The quantitative estimate of drug-likeness (QED) is 0.586. The van der Waals surface area contributed by atoms with Gasteiger partial charge in [0.15, 0.2) is 17.3 Å². The molecule has 1 aliphatic carbocycles. The first-order valence-electron chi connectivity index (χ1n) is 8.04. The number of halogens is 2. The van der Waals surface area contributed by atoms with Gasteiger partial charge in [0, 0.05) is 11.6 Å². The largest absolute Gasteiger partial charge is 0.491 e. The van der Waals surface area contributed by atoms with Crippen LogP contribution in [0.5, 0.6) is 5.75 Å². The third kappa shape index (κ3) is 2.86. The Morgan fingerprint density at radius 3 is 2.60 bits per heavy atom. The minimum absolute atomic E-state index is 0.0361. The fourth-order valence-corrected chi connectivity index (χ4v) is 4.27. The van der Waals surface area contributed by atoms with Crippen molar-refractivity contribution in [3.8, 4) is 5.75 Å². The van der Waals surface area contributed by atoms with E-state index in [0.29, 0.717) is 0 Å². The first-order chi connectivity index (χ1) is 12.0. The molecule has 2 aliphatic rings. The Labute approximate surface area is 148 Å². The lowest BCUT2D eigenvalue weighted by atomic mass is 9.89. The minimum atomic E-state index is -1.18. The first kappa shape index (κ1) is 18.0. The predicted molar refractivity (Wildman–Crippen MR) is 90.2 cm³/mol. The number of rotatable bonds is 5. The van der Waals surface area contributed by atoms with E-state index in [0.717, 1.165) is 18.9 Å². The van der Waals surface area contributed by atoms with E-state index < -0.39 is 34.7 Å². The van der Waals surface area contributed by atoms with Gasteiger partial charge in [0.05, 0.1) is 24.8 Å². The van der Waals surface area contributed by atoms with Crippen molar-refractivity contribution in [2.24, 2.45) is 5.92 Å². The third-order valence-corrected chi connectivity index (χ3v) is 5.42. The molecule has 3 rings (SSSR count). The van der Waals surface area contributed by atoms with E-state index in [1.54, 1.807) is 13.2 Å². The molecule has 0 spiro atoms. The monoisotopic (exact) mass is 371 g/mol. The van der Waals surface area contributed by atoms with E-state index in [2.05, 4.69) is 0 Å². The fraction of sp³-hybridized carbons (Fsp3) is 0.529. The molecule has 1 saturated carbocycles. The van der Waals surface area contributed by atoms with Gasteiger partial charge in [-0.1, -0.05) is 0 Å². The Kier molecular flexibility index (Phi) is 4.90. The van der Waals surface area contributed by atoms with Crippen LogP contribution in [-0.4, -0.2) is 43.1 Å². The molecule has 0 amide bonds. The van der Waals surface area contributed by atoms with Crippen LogP contribution in [0.2, 0.25) is 0 Å². The van der Waals surface area contributed by atoms with Crippen LogP contribution in [0.25, 0.3) is 0 Å². The molecular formula is C17H19F2NO4S. The number of carbonyl (C=O) groups excluding carboxylic acids is 2. The number of ether oxygens (including phenoxy) is 2. The number of methoxy groups -OCH3 is 1. The summed E-state index contributed by atoms with van der Waals surface area (Å²) in [4.78, 5) is 27.2. The summed E-state index contributed by atoms with van der Waals surface area (Å²) >= 11 is 1.31. The van der Waals surface area contributed by atoms with Gasteiger partial charge in [-0.15, -0.1) is 11.8 Å². The Morgan fingerprint density at radius 1 is 1.40 bits per heavy atom. The molecule has 0 N–H and O–H groups in total. The van der Waals surface area contributed by atoms with Crippen molar-refractivity contribution in [3.63, 3.8) is 0 Å². The molecule has 25 heavy (non-hydrogen) atoms. The zero-order chi connectivity index (χ0) is 18.3. The molecule has 2 unspecified atom stereocenters. The molecule has 5 nitrogen and oxygen atoms in total. The molecule has 0 radical (unpaired) electrons. The Balaban J connectivity index is 2.22. The summed E-state index contributed by atoms with van der Waals surface area (Å²) in [6.45, 7) is 1.80. The van der Waals surface area contributed by atoms with Gasteiger partial charge in [-0.3, -0.25) is 9.59 Å². The summed E-state index contributed by atoms with van der Waals surface area (Å²) in [5.41, 5.74) is 0.194. The zero-order valence-electron chi connectivity index (χ0n) is 14.2. The molecule has 1 heterocycles. The fourth-order valence-electron chi connectivity index (χ4n) is 3.26. The predicted octanol–water partition coefficient (Wildman–Crippen LogP) is 3.01. The number of hydrogen-bond donors (Lipinski definition) is 0. The number of thioether (sulfide) groups is 1. The lowest BCUT2D eigenvalue weighted by Crippen LogP contribution is -2.51. The van der Waals surface area contributed by atoms with Crippen molar-refractivity contribution >= 4 is 29.2 Å². The summed E-state index contributed by atoms with van der Waals surface area (Å²) in [6.07, 6.45) is 3.47. The number of benzene rings is 1. The second-order valence-corrected chi connectivity index (χ2v) is 6.91. The molecule has 1 fully saturated rings. The molecule has 0 bridgehead atoms. The summed E-state index contributed by atoms with van der Waals surface area (Å²) in [5.74, 6) is -4.90. The van der Waals surface area contributed by atoms with Crippen molar-refractivity contribution in [2.75, 3.05) is 24.9 Å². The highest BCUT2D eigenvalue weighted by atomic mass is 32.2. The lowest BCUT2D eigenvalue weighted by molar-refractivity contribution is -0.146. The third-order valence-electron chi connectivity index (χ3n) is 4.44. The molecule has 0 saturated heterocycles. The number of Topliss-reactive ketones (excluding diaryl/α,β-unsaturated/α-hetero) is 1. The maximum absolute atomic E-state index is 14.2. The van der Waals surface area contributed by atoms with Crippen LogP contribution in [0.15, 0.2) is 6.07 Å². The number of fused-ring (bicyclic) bond motifs is 1. The average Bonchev–Trinajstić information content (AvgIpc) is 3.41. The highest BCUT2D eigenvalue weighted by molar-refractivity contribution is 7.99. The van der Waals surface area contributed by atoms with Gasteiger partial charge in [0.1, 0.15) is 5.92 Å². The van der Waals surface area contributed by atoms with Gasteiger partial charge in [-0.2, -0.15) is 4.39 Å². The molecule has 1 aliphatic heterocycles. The van der Waals surface area contributed by atoms with Crippen molar-refractivity contribution in [2.45, 2.75) is 31.2 Å². The van der Waals surface area contributed by atoms with E-state index >= 15 is 0 Å². The van der Waals surface area contributed by atoms with Crippen LogP contribution in [0, 0.1) is 17.6 Å². The van der Waals surface area contributed by atoms with Crippen molar-refractivity contribution < 1.29 is 27.8 Å². The van der Waals surface area contributed by atoms with Crippen molar-refractivity contribution in [1.82, 2.24) is 0 Å². The van der Waals surface area contributed by atoms with E-state index in [1.807, 2.05) is 4.90 Å². The summed E-state index contributed by atoms with van der Waals surface area (Å²) in [5, 5.41) is -0.551. The second kappa shape index (κ2) is 6.82. The number of anilines is 1. The number of esters is 1. The van der Waals surface area contributed by atoms with Crippen LogP contribution >= 0.6 is 11.8 Å². The molecule has 2 atom stereocenters. The Bertz CT molecular complexity index is 723. The van der Waals surface area contributed by atoms with Crippen LogP contribution in [0.4, 0.5) is 14.5 Å². The number of hydrogen-bond acceptors (Lipinski definition) is 6. The molecule has 1 aromatic carbocycles. The van der Waals surface area contributed by atoms with E-state index in [1.165, 1.54) is 18.9 Å². The summed E-state index contributed by atoms with van der Waals surface area (Å²) in [7, 11) is 1.24. The number of carbonyl (C=O) groups is 2. The number of nitrogens with zero attached hydrogens (tertiary/aromatic N) is 1. The lowest BCUT2D eigenvalue weighted by Gasteiger charge is -2.41. The van der Waals surface area contributed by atoms with Gasteiger partial charge in [0.2, 0.25) is 5.82 Å². The summed E-state index contributed by atoms with van der Waals surface area (Å²) in [6, 6.07) is 0.910. The zero-order valence-corrected chi connectivity index (χ0v) is 15.0. The summed E-state index contributed by atoms with van der Waals surface area (Å²) < 4.78 is 38.4. The topological polar surface area (TPSA) is 55.8 Å². The average molecular weight is 371 g/mol. The number of ketones is 1. The van der Waals surface area contributed by atoms with Gasteiger partial charge in [-0.25, -0.2) is 4.39 Å². The van der Waals surface area contributed by atoms with Crippen LogP contribution in [-0.2, 0) is 9.53 Å². The second-order valence-electron chi connectivity index (χ2n) is 5.96. The first-order valence-corrected chi connectivity index (χ1v) is 9.32. The molecule has 0 aromatic heterocycles. The highest BCUT2D eigenvalue weighted by Crippen LogP contribution is 2.49. The van der Waals surface area contributed by atoms with E-state index in [9.17, 15) is 18.4 Å². The van der Waals surface area contributed by atoms with Crippen LogP contribution in [0.3, 0.4) is 0 Å². The van der Waals surface area contributed by atoms with Crippen molar-refractivity contribution in [1.29, 1.82) is 0 Å². The molecule has 1 aromatic rings. The van der Waals surface area contributed by atoms with Gasteiger partial charge >= 0.3 is 5.97 Å². The maximum Gasteiger partial charge on any atom is 0.319 e. The highest BCUT2D eigenvalue weighted by Gasteiger charge is 2.51. The van der Waals surface area contributed by atoms with Gasteiger partial charge in [0.25, 0.3) is 0 Å². The van der Waals surface area contributed by atoms with Crippen LogP contribution in [0.1, 0.15) is 30.1 Å². The SMILES string of the molecule is CCOC(=O)C1C(=O)c2cc(F)c(F)c(OC)c2N(C2CC2)C1SC. The maximum atomic E-state index is 14.2. The normalized spacial score (nSPS) is 22.6. The molecule has 8 heteroatoms. The minimum Gasteiger partial charge on any atom is -0.491 e.